The van der Waals surface area contributed by atoms with Gasteiger partial charge in [-0.2, -0.15) is 5.10 Å². The average Bonchev–Trinajstić information content (AvgIpc) is 3.35. The highest BCUT2D eigenvalue weighted by atomic mass is 35.5. The number of halogens is 1. The molecule has 2 heterocycles. The molecular weight excluding hydrogens is 346 g/mol. The molecule has 128 valence electrons. The van der Waals surface area contributed by atoms with Crippen LogP contribution >= 0.6 is 11.6 Å². The largest absolute Gasteiger partial charge is 0.282 e. The van der Waals surface area contributed by atoms with Gasteiger partial charge in [0.1, 0.15) is 0 Å². The Balaban J connectivity index is 1.46. The van der Waals surface area contributed by atoms with Crippen LogP contribution in [-0.4, -0.2) is 41.3 Å². The highest BCUT2D eigenvalue weighted by Gasteiger charge is 2.41. The third kappa shape index (κ3) is 2.98. The van der Waals surface area contributed by atoms with E-state index in [1.165, 1.54) is 0 Å². The summed E-state index contributed by atoms with van der Waals surface area (Å²) in [5.41, 5.74) is 2.81. The smallest absolute Gasteiger partial charge is 0.216 e. The second-order valence-electron chi connectivity index (χ2n) is 6.61. The molecule has 0 atom stereocenters. The molecule has 2 aromatic rings. The number of sulfonamides is 1. The molecule has 1 aromatic carbocycles. The maximum Gasteiger partial charge on any atom is 0.216 e. The number of aromatic nitrogens is 2. The topological polar surface area (TPSA) is 66.1 Å². The van der Waals surface area contributed by atoms with Crippen LogP contribution < -0.4 is 0 Å². The predicted octanol–water partition coefficient (Wildman–Crippen LogP) is 3.40. The molecule has 5 nitrogen and oxygen atoms in total. The Morgan fingerprint density at radius 3 is 2.50 bits per heavy atom. The van der Waals surface area contributed by atoms with E-state index in [2.05, 4.69) is 10.2 Å². The van der Waals surface area contributed by atoms with Gasteiger partial charge in [0.05, 0.1) is 16.0 Å². The molecule has 1 saturated carbocycles. The van der Waals surface area contributed by atoms with Gasteiger partial charge < -0.3 is 0 Å². The van der Waals surface area contributed by atoms with Crippen LogP contribution in [0, 0.1) is 0 Å². The Morgan fingerprint density at radius 1 is 1.12 bits per heavy atom. The lowest BCUT2D eigenvalue weighted by Crippen LogP contribution is -2.39. The highest BCUT2D eigenvalue weighted by Crippen LogP contribution is 2.36. The van der Waals surface area contributed by atoms with E-state index in [9.17, 15) is 8.42 Å². The standard InChI is InChI=1S/C17H20ClN3O2S/c18-15-4-2-1-3-14(15)17-11-16(19-20-17)12-7-9-21(10-8-12)24(22,23)13-5-6-13/h1-4,11-13H,5-10H2,(H,19,20). The summed E-state index contributed by atoms with van der Waals surface area (Å²) in [5, 5.41) is 8.06. The first-order valence-corrected chi connectivity index (χ1v) is 10.2. The van der Waals surface area contributed by atoms with Crippen molar-refractivity contribution in [2.75, 3.05) is 13.1 Å². The molecule has 0 unspecified atom stereocenters. The van der Waals surface area contributed by atoms with Crippen molar-refractivity contribution in [2.24, 2.45) is 0 Å². The average molecular weight is 366 g/mol. The third-order valence-electron chi connectivity index (χ3n) is 4.95. The number of nitrogens with one attached hydrogen (secondary N) is 1. The Labute approximate surface area is 147 Å². The van der Waals surface area contributed by atoms with Crippen molar-refractivity contribution < 1.29 is 8.42 Å². The van der Waals surface area contributed by atoms with Crippen LogP contribution in [0.1, 0.15) is 37.3 Å². The molecular formula is C17H20ClN3O2S. The lowest BCUT2D eigenvalue weighted by Gasteiger charge is -2.30. The maximum atomic E-state index is 12.3. The third-order valence-corrected chi connectivity index (χ3v) is 7.68. The molecule has 1 aromatic heterocycles. The van der Waals surface area contributed by atoms with E-state index in [1.54, 1.807) is 4.31 Å². The maximum absolute atomic E-state index is 12.3. The van der Waals surface area contributed by atoms with Gasteiger partial charge in [-0.15, -0.1) is 0 Å². The zero-order valence-corrected chi connectivity index (χ0v) is 14.9. The summed E-state index contributed by atoms with van der Waals surface area (Å²) in [6.45, 7) is 1.20. The molecule has 0 spiro atoms. The first-order valence-electron chi connectivity index (χ1n) is 8.35. The normalized spacial score (nSPS) is 20.4. The first kappa shape index (κ1) is 16.1. The lowest BCUT2D eigenvalue weighted by atomic mass is 9.94. The predicted molar refractivity (Wildman–Crippen MR) is 94.5 cm³/mol. The van der Waals surface area contributed by atoms with Crippen molar-refractivity contribution in [2.45, 2.75) is 36.9 Å². The van der Waals surface area contributed by atoms with Crippen LogP contribution in [-0.2, 0) is 10.0 Å². The van der Waals surface area contributed by atoms with Gasteiger partial charge in [0.25, 0.3) is 0 Å². The van der Waals surface area contributed by atoms with Gasteiger partial charge >= 0.3 is 0 Å². The molecule has 2 aliphatic rings. The number of piperidine rings is 1. The van der Waals surface area contributed by atoms with Crippen molar-refractivity contribution in [1.29, 1.82) is 0 Å². The first-order chi connectivity index (χ1) is 11.6. The van der Waals surface area contributed by atoms with Crippen LogP contribution in [0.25, 0.3) is 11.3 Å². The second-order valence-corrected chi connectivity index (χ2v) is 9.23. The van der Waals surface area contributed by atoms with Gasteiger partial charge in [0, 0.05) is 30.3 Å². The Bertz CT molecular complexity index is 837. The van der Waals surface area contributed by atoms with Crippen molar-refractivity contribution in [3.8, 4) is 11.3 Å². The van der Waals surface area contributed by atoms with Crippen LogP contribution in [0.3, 0.4) is 0 Å². The monoisotopic (exact) mass is 365 g/mol. The molecule has 4 rings (SSSR count). The Hall–Kier alpha value is -1.37. The van der Waals surface area contributed by atoms with Crippen LogP contribution in [0.2, 0.25) is 5.02 Å². The zero-order chi connectivity index (χ0) is 16.7. The molecule has 7 heteroatoms. The Kier molecular flexibility index (Phi) is 4.14. The van der Waals surface area contributed by atoms with Crippen LogP contribution in [0.15, 0.2) is 30.3 Å². The molecule has 0 bridgehead atoms. The number of H-pyrrole nitrogens is 1. The number of aromatic amines is 1. The summed E-state index contributed by atoms with van der Waals surface area (Å²) in [6, 6.07) is 9.68. The number of rotatable bonds is 4. The number of hydrogen-bond donors (Lipinski definition) is 1. The number of hydrogen-bond acceptors (Lipinski definition) is 3. The van der Waals surface area contributed by atoms with E-state index < -0.39 is 10.0 Å². The van der Waals surface area contributed by atoms with E-state index in [0.717, 1.165) is 42.6 Å². The van der Waals surface area contributed by atoms with Crippen molar-refractivity contribution in [3.05, 3.63) is 41.0 Å². The molecule has 1 N–H and O–H groups in total. The molecule has 0 radical (unpaired) electrons. The molecule has 1 aliphatic carbocycles. The fraction of sp³-hybridized carbons (Fsp3) is 0.471. The van der Waals surface area contributed by atoms with Gasteiger partial charge in [-0.05, 0) is 37.8 Å². The van der Waals surface area contributed by atoms with Gasteiger partial charge in [-0.25, -0.2) is 12.7 Å². The van der Waals surface area contributed by atoms with Crippen LogP contribution in [0.4, 0.5) is 0 Å². The van der Waals surface area contributed by atoms with Crippen LogP contribution in [0.5, 0.6) is 0 Å². The van der Waals surface area contributed by atoms with E-state index in [1.807, 2.05) is 30.3 Å². The second kappa shape index (κ2) is 6.17. The molecule has 0 amide bonds. The van der Waals surface area contributed by atoms with Gasteiger partial charge in [-0.1, -0.05) is 29.8 Å². The fourth-order valence-corrected chi connectivity index (χ4v) is 5.46. The van der Waals surface area contributed by atoms with Crippen molar-refractivity contribution in [3.63, 3.8) is 0 Å². The lowest BCUT2D eigenvalue weighted by molar-refractivity contribution is 0.316. The Morgan fingerprint density at radius 2 is 1.83 bits per heavy atom. The fourth-order valence-electron chi connectivity index (χ4n) is 3.35. The summed E-state index contributed by atoms with van der Waals surface area (Å²) < 4.78 is 26.3. The van der Waals surface area contributed by atoms with E-state index in [-0.39, 0.29) is 5.25 Å². The summed E-state index contributed by atoms with van der Waals surface area (Å²) in [4.78, 5) is 0. The zero-order valence-electron chi connectivity index (χ0n) is 13.3. The van der Waals surface area contributed by atoms with E-state index in [0.29, 0.717) is 24.0 Å². The van der Waals surface area contributed by atoms with E-state index >= 15 is 0 Å². The minimum absolute atomic E-state index is 0.118. The molecule has 24 heavy (non-hydrogen) atoms. The molecule has 2 fully saturated rings. The minimum Gasteiger partial charge on any atom is -0.282 e. The number of nitrogens with zero attached hydrogens (tertiary/aromatic N) is 2. The van der Waals surface area contributed by atoms with Gasteiger partial charge in [-0.3, -0.25) is 5.10 Å². The summed E-state index contributed by atoms with van der Waals surface area (Å²) in [6.07, 6.45) is 3.31. The molecule has 1 aliphatic heterocycles. The number of benzene rings is 1. The van der Waals surface area contributed by atoms with Crippen molar-refractivity contribution in [1.82, 2.24) is 14.5 Å². The summed E-state index contributed by atoms with van der Waals surface area (Å²) in [7, 11) is -3.05. The quantitative estimate of drug-likeness (QED) is 0.902. The molecule has 1 saturated heterocycles. The SMILES string of the molecule is O=S(=O)(C1CC1)N1CCC(c2cc(-c3ccccc3Cl)n[nH]2)CC1. The van der Waals surface area contributed by atoms with Crippen molar-refractivity contribution >= 4 is 21.6 Å². The summed E-state index contributed by atoms with van der Waals surface area (Å²) >= 11 is 6.23. The van der Waals surface area contributed by atoms with Gasteiger partial charge in [0.15, 0.2) is 0 Å². The van der Waals surface area contributed by atoms with Gasteiger partial charge in [0.2, 0.25) is 10.0 Å². The highest BCUT2D eigenvalue weighted by molar-refractivity contribution is 7.90. The van der Waals surface area contributed by atoms with E-state index in [4.69, 9.17) is 11.6 Å². The minimum atomic E-state index is -3.05. The summed E-state index contributed by atoms with van der Waals surface area (Å²) in [5.74, 6) is 0.319.